The van der Waals surface area contributed by atoms with Crippen LogP contribution in [-0.2, 0) is 9.47 Å². The van der Waals surface area contributed by atoms with Crippen LogP contribution in [0.3, 0.4) is 0 Å². The van der Waals surface area contributed by atoms with E-state index in [9.17, 15) is 0 Å². The summed E-state index contributed by atoms with van der Waals surface area (Å²) in [5, 5.41) is 3.47. The summed E-state index contributed by atoms with van der Waals surface area (Å²) in [6.07, 6.45) is 50.1. The largest absolute Gasteiger partial charge is 0.374 e. The molecule has 1 N–H and O–H groups in total. The predicted octanol–water partition coefficient (Wildman–Crippen LogP) is 12.0. The molecule has 43 heavy (non-hydrogen) atoms. The van der Waals surface area contributed by atoms with Gasteiger partial charge in [-0.3, -0.25) is 0 Å². The van der Waals surface area contributed by atoms with Crippen LogP contribution in [0.25, 0.3) is 0 Å². The maximum absolute atomic E-state index is 6.21. The van der Waals surface area contributed by atoms with Crippen molar-refractivity contribution in [1.82, 2.24) is 5.32 Å². The molecule has 1 aliphatic rings. The van der Waals surface area contributed by atoms with Gasteiger partial charge < -0.3 is 14.8 Å². The van der Waals surface area contributed by atoms with Crippen molar-refractivity contribution in [3.63, 3.8) is 0 Å². The van der Waals surface area contributed by atoms with E-state index in [0.29, 0.717) is 0 Å². The van der Waals surface area contributed by atoms with Gasteiger partial charge in [0.15, 0.2) is 0 Å². The van der Waals surface area contributed by atoms with Gasteiger partial charge in [0.25, 0.3) is 0 Å². The van der Waals surface area contributed by atoms with Gasteiger partial charge in [-0.05, 0) is 77.0 Å². The Balaban J connectivity index is 1.85. The first-order valence-corrected chi connectivity index (χ1v) is 18.9. The van der Waals surface area contributed by atoms with Gasteiger partial charge in [0.1, 0.15) is 0 Å². The van der Waals surface area contributed by atoms with Crippen molar-refractivity contribution in [1.29, 1.82) is 0 Å². The van der Waals surface area contributed by atoms with Gasteiger partial charge in [-0.15, -0.1) is 0 Å². The number of hydrogen-bond donors (Lipinski definition) is 1. The number of allylic oxidation sites excluding steroid dienone is 8. The van der Waals surface area contributed by atoms with E-state index in [1.807, 2.05) is 0 Å². The second-order valence-corrected chi connectivity index (χ2v) is 12.6. The normalized spacial score (nSPS) is 17.6. The molecule has 1 fully saturated rings. The third-order valence-corrected chi connectivity index (χ3v) is 8.46. The SMILES string of the molecule is CCCCC/C=C\C/C=C\CCCCCCCCOC1CNC[C@H]1OCCCCCCCC/C=C\C/C=C\CCCCC. The molecule has 3 nitrogen and oxygen atoms in total. The maximum atomic E-state index is 6.21. The smallest absolute Gasteiger partial charge is 0.0973 e. The van der Waals surface area contributed by atoms with E-state index in [0.717, 1.165) is 39.1 Å². The lowest BCUT2D eigenvalue weighted by Gasteiger charge is -2.20. The number of hydrogen-bond acceptors (Lipinski definition) is 3. The summed E-state index contributed by atoms with van der Waals surface area (Å²) in [5.74, 6) is 0. The first-order chi connectivity index (χ1) is 21.4. The van der Waals surface area contributed by atoms with Crippen molar-refractivity contribution in [3.8, 4) is 0 Å². The first-order valence-electron chi connectivity index (χ1n) is 18.9. The van der Waals surface area contributed by atoms with E-state index < -0.39 is 0 Å². The van der Waals surface area contributed by atoms with Crippen LogP contribution < -0.4 is 5.32 Å². The quantitative estimate of drug-likeness (QED) is 0.0616. The fraction of sp³-hybridized carbons (Fsp3) is 0.800. The van der Waals surface area contributed by atoms with E-state index >= 15 is 0 Å². The third-order valence-electron chi connectivity index (χ3n) is 8.46. The molecule has 250 valence electrons. The summed E-state index contributed by atoms with van der Waals surface area (Å²) in [6.45, 7) is 8.17. The van der Waals surface area contributed by atoms with Crippen molar-refractivity contribution in [3.05, 3.63) is 48.6 Å². The third kappa shape index (κ3) is 28.1. The van der Waals surface area contributed by atoms with E-state index in [2.05, 4.69) is 67.8 Å². The lowest BCUT2D eigenvalue weighted by Crippen LogP contribution is -2.30. The fourth-order valence-electron chi connectivity index (χ4n) is 5.61. The lowest BCUT2D eigenvalue weighted by molar-refractivity contribution is -0.0481. The molecular formula is C40H73NO2. The second kappa shape index (κ2) is 33.7. The Morgan fingerprint density at radius 3 is 1.12 bits per heavy atom. The van der Waals surface area contributed by atoms with Gasteiger partial charge in [0.2, 0.25) is 0 Å². The summed E-state index contributed by atoms with van der Waals surface area (Å²) >= 11 is 0. The van der Waals surface area contributed by atoms with Crippen LogP contribution in [0.1, 0.15) is 168 Å². The van der Waals surface area contributed by atoms with Crippen molar-refractivity contribution < 1.29 is 9.47 Å². The molecule has 2 atom stereocenters. The number of rotatable bonds is 32. The second-order valence-electron chi connectivity index (χ2n) is 12.6. The minimum absolute atomic E-state index is 0.238. The topological polar surface area (TPSA) is 30.5 Å². The average Bonchev–Trinajstić information content (AvgIpc) is 3.47. The van der Waals surface area contributed by atoms with Crippen LogP contribution in [0, 0.1) is 0 Å². The Morgan fingerprint density at radius 2 is 0.744 bits per heavy atom. The van der Waals surface area contributed by atoms with Crippen LogP contribution in [0.4, 0.5) is 0 Å². The van der Waals surface area contributed by atoms with Crippen LogP contribution in [0.2, 0.25) is 0 Å². The molecule has 1 rings (SSSR count). The van der Waals surface area contributed by atoms with Gasteiger partial charge >= 0.3 is 0 Å². The van der Waals surface area contributed by atoms with Gasteiger partial charge in [-0.25, -0.2) is 0 Å². The zero-order chi connectivity index (χ0) is 30.7. The summed E-state index contributed by atoms with van der Waals surface area (Å²) in [7, 11) is 0. The Labute approximate surface area is 269 Å². The zero-order valence-corrected chi connectivity index (χ0v) is 28.9. The van der Waals surface area contributed by atoms with Crippen LogP contribution in [0.5, 0.6) is 0 Å². The Bertz CT molecular complexity index is 611. The Kier molecular flexibility index (Phi) is 31.3. The summed E-state index contributed by atoms with van der Waals surface area (Å²) < 4.78 is 12.4. The van der Waals surface area contributed by atoms with Gasteiger partial charge in [-0.2, -0.15) is 0 Å². The summed E-state index contributed by atoms with van der Waals surface area (Å²) in [6, 6.07) is 0. The molecule has 0 bridgehead atoms. The average molecular weight is 600 g/mol. The molecule has 1 aliphatic heterocycles. The minimum atomic E-state index is 0.238. The number of unbranched alkanes of at least 4 members (excludes halogenated alkanes) is 18. The van der Waals surface area contributed by atoms with E-state index in [1.165, 1.54) is 141 Å². The van der Waals surface area contributed by atoms with Gasteiger partial charge in [-0.1, -0.05) is 140 Å². The molecule has 0 spiro atoms. The highest BCUT2D eigenvalue weighted by Gasteiger charge is 2.28. The first kappa shape index (κ1) is 39.9. The highest BCUT2D eigenvalue weighted by molar-refractivity contribution is 4.93. The molecule has 0 aromatic rings. The monoisotopic (exact) mass is 600 g/mol. The van der Waals surface area contributed by atoms with Crippen molar-refractivity contribution in [2.75, 3.05) is 26.3 Å². The molecule has 3 heteroatoms. The highest BCUT2D eigenvalue weighted by atomic mass is 16.5. The molecule has 1 heterocycles. The molecule has 0 radical (unpaired) electrons. The number of nitrogens with one attached hydrogen (secondary N) is 1. The maximum Gasteiger partial charge on any atom is 0.0973 e. The van der Waals surface area contributed by atoms with Gasteiger partial charge in [0.05, 0.1) is 12.2 Å². The van der Waals surface area contributed by atoms with Crippen molar-refractivity contribution in [2.45, 2.75) is 180 Å². The predicted molar refractivity (Wildman–Crippen MR) is 191 cm³/mol. The molecule has 1 unspecified atom stereocenters. The molecular weight excluding hydrogens is 526 g/mol. The summed E-state index contributed by atoms with van der Waals surface area (Å²) in [5.41, 5.74) is 0. The van der Waals surface area contributed by atoms with E-state index in [4.69, 9.17) is 9.47 Å². The molecule has 0 saturated carbocycles. The Morgan fingerprint density at radius 1 is 0.419 bits per heavy atom. The molecule has 0 aromatic heterocycles. The van der Waals surface area contributed by atoms with E-state index in [-0.39, 0.29) is 12.2 Å². The Hall–Kier alpha value is -1.16. The van der Waals surface area contributed by atoms with Crippen molar-refractivity contribution in [2.24, 2.45) is 0 Å². The van der Waals surface area contributed by atoms with Crippen LogP contribution >= 0.6 is 0 Å². The van der Waals surface area contributed by atoms with Crippen molar-refractivity contribution >= 4 is 0 Å². The zero-order valence-electron chi connectivity index (χ0n) is 28.9. The molecule has 0 aromatic carbocycles. The molecule has 0 amide bonds. The molecule has 0 aliphatic carbocycles. The molecule has 1 saturated heterocycles. The number of ether oxygens (including phenoxy) is 2. The van der Waals surface area contributed by atoms with Crippen LogP contribution in [-0.4, -0.2) is 38.5 Å². The van der Waals surface area contributed by atoms with E-state index in [1.54, 1.807) is 0 Å². The fourth-order valence-corrected chi connectivity index (χ4v) is 5.61. The summed E-state index contributed by atoms with van der Waals surface area (Å²) in [4.78, 5) is 0. The van der Waals surface area contributed by atoms with Crippen LogP contribution in [0.15, 0.2) is 48.6 Å². The lowest BCUT2D eigenvalue weighted by atomic mass is 10.1. The standard InChI is InChI=1S/C40H73NO2/c1-3-5-7-9-11-13-15-17-19-21-23-25-27-29-31-33-35-42-39-37-41-38-40(39)43-36-34-32-30-28-26-24-22-20-18-16-14-12-10-8-6-4-2/h11-14,17-20,39-41H,3-10,15-16,21-38H2,1-2H3/b13-11-,14-12-,19-17-,20-18-/t39-,40?/m1/s1. The van der Waals surface area contributed by atoms with Gasteiger partial charge in [0, 0.05) is 26.3 Å². The minimum Gasteiger partial charge on any atom is -0.374 e. The highest BCUT2D eigenvalue weighted by Crippen LogP contribution is 2.14.